The molecular weight excluding hydrogens is 468 g/mol. The van der Waals surface area contributed by atoms with Gasteiger partial charge in [0.25, 0.3) is 0 Å². The molecule has 0 spiro atoms. The largest absolute Gasteiger partial charge is 0.468 e. The van der Waals surface area contributed by atoms with Gasteiger partial charge in [-0.2, -0.15) is 0 Å². The fourth-order valence-electron chi connectivity index (χ4n) is 3.50. The molecular formula is C22H27ClN4O5S. The Morgan fingerprint density at radius 3 is 2.45 bits per heavy atom. The van der Waals surface area contributed by atoms with Gasteiger partial charge in [-0.05, 0) is 31.5 Å². The van der Waals surface area contributed by atoms with Crippen molar-refractivity contribution in [3.05, 3.63) is 46.7 Å². The maximum absolute atomic E-state index is 12.7. The lowest BCUT2D eigenvalue weighted by Crippen LogP contribution is -2.51. The van der Waals surface area contributed by atoms with Crippen LogP contribution in [0.25, 0.3) is 0 Å². The smallest absolute Gasteiger partial charge is 0.327 e. The van der Waals surface area contributed by atoms with E-state index < -0.39 is 11.3 Å². The number of hydrogen-bond donors (Lipinski definition) is 1. The van der Waals surface area contributed by atoms with Gasteiger partial charge in [0, 0.05) is 37.3 Å². The van der Waals surface area contributed by atoms with Crippen molar-refractivity contribution in [1.29, 1.82) is 0 Å². The van der Waals surface area contributed by atoms with E-state index in [1.54, 1.807) is 36.9 Å². The topological polar surface area (TPSA) is 105 Å². The summed E-state index contributed by atoms with van der Waals surface area (Å²) in [5.74, 6) is 0.505. The lowest BCUT2D eigenvalue weighted by Gasteiger charge is -2.38. The number of carbonyl (C=O) groups is 3. The van der Waals surface area contributed by atoms with E-state index in [0.717, 1.165) is 5.56 Å². The van der Waals surface area contributed by atoms with Gasteiger partial charge in [0.05, 0.1) is 18.1 Å². The van der Waals surface area contributed by atoms with Gasteiger partial charge in [0.1, 0.15) is 11.8 Å². The first-order valence-electron chi connectivity index (χ1n) is 10.5. The van der Waals surface area contributed by atoms with E-state index in [1.165, 1.54) is 18.9 Å². The highest BCUT2D eigenvalue weighted by Gasteiger charge is 2.32. The molecule has 2 aromatic rings. The molecule has 1 N–H and O–H groups in total. The molecule has 1 saturated heterocycles. The monoisotopic (exact) mass is 494 g/mol. The van der Waals surface area contributed by atoms with Crippen LogP contribution in [0.2, 0.25) is 5.02 Å². The summed E-state index contributed by atoms with van der Waals surface area (Å²) in [5, 5.41) is 6.57. The number of esters is 1. The summed E-state index contributed by atoms with van der Waals surface area (Å²) >= 11 is 7.24. The number of aryl methyl sites for hydroxylation is 1. The molecule has 178 valence electrons. The maximum atomic E-state index is 12.7. The molecule has 0 aliphatic carbocycles. The second-order valence-corrected chi connectivity index (χ2v) is 9.42. The van der Waals surface area contributed by atoms with Gasteiger partial charge in [-0.25, -0.2) is 4.79 Å². The van der Waals surface area contributed by atoms with Crippen LogP contribution in [0.1, 0.15) is 24.3 Å². The predicted octanol–water partition coefficient (Wildman–Crippen LogP) is 2.76. The van der Waals surface area contributed by atoms with Crippen molar-refractivity contribution in [1.82, 2.24) is 15.0 Å². The normalized spacial score (nSPS) is 16.2. The molecule has 33 heavy (non-hydrogen) atoms. The van der Waals surface area contributed by atoms with Crippen LogP contribution in [0.15, 0.2) is 34.9 Å². The van der Waals surface area contributed by atoms with Gasteiger partial charge in [0.15, 0.2) is 5.82 Å². The van der Waals surface area contributed by atoms with Gasteiger partial charge >= 0.3 is 5.97 Å². The quantitative estimate of drug-likeness (QED) is 0.558. The number of hydrogen-bond acceptors (Lipinski definition) is 8. The third-order valence-corrected chi connectivity index (χ3v) is 6.73. The average molecular weight is 495 g/mol. The molecule has 2 amide bonds. The summed E-state index contributed by atoms with van der Waals surface area (Å²) in [6.07, 6.45) is 0. The van der Waals surface area contributed by atoms with Crippen LogP contribution in [0.5, 0.6) is 0 Å². The van der Waals surface area contributed by atoms with Crippen LogP contribution >= 0.6 is 23.4 Å². The lowest BCUT2D eigenvalue weighted by atomic mass is 10.0. The fourth-order valence-corrected chi connectivity index (χ4v) is 4.41. The van der Waals surface area contributed by atoms with E-state index in [4.69, 9.17) is 20.9 Å². The molecule has 1 fully saturated rings. The van der Waals surface area contributed by atoms with Crippen molar-refractivity contribution in [2.24, 2.45) is 0 Å². The van der Waals surface area contributed by atoms with Crippen molar-refractivity contribution >= 4 is 47.0 Å². The van der Waals surface area contributed by atoms with Gasteiger partial charge in [-0.15, -0.1) is 11.8 Å². The zero-order valence-electron chi connectivity index (χ0n) is 18.7. The molecule has 0 saturated carbocycles. The number of aromatic nitrogens is 1. The Hall–Kier alpha value is -2.56. The number of benzene rings is 1. The Labute approximate surface area is 201 Å². The van der Waals surface area contributed by atoms with Crippen LogP contribution in [-0.2, 0) is 19.1 Å². The summed E-state index contributed by atoms with van der Waals surface area (Å²) in [6, 6.07) is 8.18. The molecule has 2 heterocycles. The minimum atomic E-state index is -0.553. The molecule has 3 rings (SSSR count). The fraction of sp³-hybridized carbons (Fsp3) is 0.455. The molecule has 1 aliphatic rings. The number of carbonyl (C=O) groups excluding carboxylic acids is 3. The number of methoxy groups -OCH3 is 1. The van der Waals surface area contributed by atoms with E-state index in [1.807, 2.05) is 17.0 Å². The number of rotatable bonds is 8. The molecule has 0 bridgehead atoms. The average Bonchev–Trinajstić information content (AvgIpc) is 3.23. The van der Waals surface area contributed by atoms with Gasteiger partial charge in [-0.1, -0.05) is 28.9 Å². The van der Waals surface area contributed by atoms with Crippen molar-refractivity contribution in [3.63, 3.8) is 0 Å². The summed E-state index contributed by atoms with van der Waals surface area (Å²) in [5.41, 5.74) is 0.795. The van der Waals surface area contributed by atoms with E-state index >= 15 is 0 Å². The molecule has 2 atom stereocenters. The number of piperazine rings is 1. The summed E-state index contributed by atoms with van der Waals surface area (Å²) in [6.45, 7) is 5.51. The van der Waals surface area contributed by atoms with Crippen LogP contribution in [0, 0.1) is 6.92 Å². The number of ether oxygens (including phenoxy) is 1. The molecule has 0 radical (unpaired) electrons. The van der Waals surface area contributed by atoms with Crippen LogP contribution in [0.4, 0.5) is 5.82 Å². The third kappa shape index (κ3) is 6.72. The minimum Gasteiger partial charge on any atom is -0.468 e. The Bertz CT molecular complexity index is 975. The Morgan fingerprint density at radius 2 is 1.88 bits per heavy atom. The van der Waals surface area contributed by atoms with Crippen molar-refractivity contribution in [2.75, 3.05) is 44.4 Å². The van der Waals surface area contributed by atoms with Crippen LogP contribution in [-0.4, -0.2) is 77.0 Å². The highest BCUT2D eigenvalue weighted by molar-refractivity contribution is 8.01. The van der Waals surface area contributed by atoms with E-state index in [0.29, 0.717) is 42.8 Å². The molecule has 1 aliphatic heterocycles. The molecule has 11 heteroatoms. The number of halogens is 1. The number of nitrogens with zero attached hydrogens (tertiary/aromatic N) is 3. The standard InChI is InChI=1S/C22H27ClN4O5S/c1-14-12-18(25-32-14)24-21(29)15(2)33-13-19(28)26-8-10-27(11-9-26)20(22(30)31-3)16-4-6-17(23)7-5-16/h4-7,12,15,20H,8-11,13H2,1-3H3,(H,24,25,29). The number of amides is 2. The highest BCUT2D eigenvalue weighted by Crippen LogP contribution is 2.25. The van der Waals surface area contributed by atoms with Gasteiger partial charge < -0.3 is 19.5 Å². The summed E-state index contributed by atoms with van der Waals surface area (Å²) in [4.78, 5) is 41.2. The lowest BCUT2D eigenvalue weighted by molar-refractivity contribution is -0.148. The first kappa shape index (κ1) is 25.1. The minimum absolute atomic E-state index is 0.0438. The SMILES string of the molecule is COC(=O)C(c1ccc(Cl)cc1)N1CCN(C(=O)CSC(C)C(=O)Nc2cc(C)on2)CC1. The van der Waals surface area contributed by atoms with Crippen LogP contribution < -0.4 is 5.32 Å². The highest BCUT2D eigenvalue weighted by atomic mass is 35.5. The van der Waals surface area contributed by atoms with Crippen molar-refractivity contribution < 1.29 is 23.6 Å². The zero-order valence-corrected chi connectivity index (χ0v) is 20.3. The Kier molecular flexibility index (Phi) is 8.76. The number of thioether (sulfide) groups is 1. The molecule has 2 unspecified atom stereocenters. The third-order valence-electron chi connectivity index (χ3n) is 5.35. The Balaban J connectivity index is 1.49. The van der Waals surface area contributed by atoms with Crippen molar-refractivity contribution in [3.8, 4) is 0 Å². The Morgan fingerprint density at radius 1 is 1.21 bits per heavy atom. The van der Waals surface area contributed by atoms with Crippen LogP contribution in [0.3, 0.4) is 0 Å². The maximum Gasteiger partial charge on any atom is 0.327 e. The molecule has 9 nitrogen and oxygen atoms in total. The second kappa shape index (κ2) is 11.5. The van der Waals surface area contributed by atoms with Gasteiger partial charge in [0.2, 0.25) is 11.8 Å². The number of anilines is 1. The second-order valence-electron chi connectivity index (χ2n) is 7.66. The predicted molar refractivity (Wildman–Crippen MR) is 126 cm³/mol. The van der Waals surface area contributed by atoms with Gasteiger partial charge in [-0.3, -0.25) is 14.5 Å². The number of nitrogens with one attached hydrogen (secondary N) is 1. The van der Waals surface area contributed by atoms with E-state index in [-0.39, 0.29) is 23.5 Å². The first-order chi connectivity index (χ1) is 15.8. The molecule has 1 aromatic carbocycles. The summed E-state index contributed by atoms with van der Waals surface area (Å²) < 4.78 is 9.94. The molecule has 1 aromatic heterocycles. The van der Waals surface area contributed by atoms with Crippen molar-refractivity contribution in [2.45, 2.75) is 25.1 Å². The van der Waals surface area contributed by atoms with E-state index in [9.17, 15) is 14.4 Å². The summed E-state index contributed by atoms with van der Waals surface area (Å²) in [7, 11) is 1.36. The zero-order chi connectivity index (χ0) is 24.0. The first-order valence-corrected chi connectivity index (χ1v) is 11.9. The van der Waals surface area contributed by atoms with E-state index in [2.05, 4.69) is 10.5 Å².